The predicted octanol–water partition coefficient (Wildman–Crippen LogP) is 3.30. The van der Waals surface area contributed by atoms with Crippen molar-refractivity contribution in [3.63, 3.8) is 0 Å². The zero-order valence-corrected chi connectivity index (χ0v) is 19.4. The number of nitro groups is 1. The molecule has 0 aliphatic rings. The monoisotopic (exact) mass is 480 g/mol. The summed E-state index contributed by atoms with van der Waals surface area (Å²) in [5, 5.41) is 17.9. The van der Waals surface area contributed by atoms with E-state index in [1.54, 1.807) is 35.0 Å². The molecule has 2 aromatic carbocycles. The van der Waals surface area contributed by atoms with Gasteiger partial charge in [-0.1, -0.05) is 12.1 Å². The number of nitrogens with zero attached hydrogens (tertiary/aromatic N) is 3. The second kappa shape index (κ2) is 11.1. The Morgan fingerprint density at radius 1 is 1.09 bits per heavy atom. The molecule has 3 rings (SSSR count). The smallest absolute Gasteiger partial charge is 0.338 e. The lowest BCUT2D eigenvalue weighted by molar-refractivity contribution is -0.383. The van der Waals surface area contributed by atoms with E-state index in [9.17, 15) is 24.5 Å². The SMILES string of the molecule is COC(=O)CCc1c(C)nn(-c2ccc(C(=O)OCC(=O)Nc3ccccc3[N+](=O)[O-])cc2)c1C. The fourth-order valence-corrected chi connectivity index (χ4v) is 3.50. The van der Waals surface area contributed by atoms with E-state index >= 15 is 0 Å². The van der Waals surface area contributed by atoms with Gasteiger partial charge in [-0.2, -0.15) is 5.10 Å². The number of aromatic nitrogens is 2. The van der Waals surface area contributed by atoms with Gasteiger partial charge in [0.05, 0.1) is 29.0 Å². The lowest BCUT2D eigenvalue weighted by Crippen LogP contribution is -2.21. The summed E-state index contributed by atoms with van der Waals surface area (Å²) >= 11 is 0. The van der Waals surface area contributed by atoms with E-state index in [-0.39, 0.29) is 29.3 Å². The van der Waals surface area contributed by atoms with Gasteiger partial charge in [-0.3, -0.25) is 19.7 Å². The molecule has 1 N–H and O–H groups in total. The van der Waals surface area contributed by atoms with Gasteiger partial charge >= 0.3 is 11.9 Å². The van der Waals surface area contributed by atoms with E-state index in [0.717, 1.165) is 17.0 Å². The fourth-order valence-electron chi connectivity index (χ4n) is 3.50. The second-order valence-electron chi connectivity index (χ2n) is 7.58. The Bertz CT molecular complexity index is 1270. The number of nitro benzene ring substituents is 1. The molecule has 11 nitrogen and oxygen atoms in total. The molecule has 0 atom stereocenters. The Morgan fingerprint density at radius 2 is 1.77 bits per heavy atom. The number of ether oxygens (including phenoxy) is 2. The van der Waals surface area contributed by atoms with Gasteiger partial charge in [0.15, 0.2) is 6.61 Å². The van der Waals surface area contributed by atoms with Crippen molar-refractivity contribution >= 4 is 29.2 Å². The van der Waals surface area contributed by atoms with Crippen molar-refractivity contribution in [3.8, 4) is 5.69 Å². The molecule has 0 fully saturated rings. The van der Waals surface area contributed by atoms with Gasteiger partial charge in [-0.05, 0) is 56.2 Å². The summed E-state index contributed by atoms with van der Waals surface area (Å²) in [4.78, 5) is 46.3. The second-order valence-corrected chi connectivity index (χ2v) is 7.58. The Morgan fingerprint density at radius 3 is 2.43 bits per heavy atom. The highest BCUT2D eigenvalue weighted by Gasteiger charge is 2.17. The molecule has 0 spiro atoms. The van der Waals surface area contributed by atoms with Crippen LogP contribution in [0.4, 0.5) is 11.4 Å². The zero-order chi connectivity index (χ0) is 25.5. The number of amides is 1. The number of hydrogen-bond acceptors (Lipinski definition) is 8. The van der Waals surface area contributed by atoms with Crippen LogP contribution in [0.5, 0.6) is 0 Å². The van der Waals surface area contributed by atoms with Crippen LogP contribution in [0, 0.1) is 24.0 Å². The van der Waals surface area contributed by atoms with Gasteiger partial charge in [0.2, 0.25) is 0 Å². The summed E-state index contributed by atoms with van der Waals surface area (Å²) in [5.41, 5.74) is 3.29. The molecule has 0 saturated carbocycles. The molecule has 182 valence electrons. The molecule has 0 radical (unpaired) electrons. The van der Waals surface area contributed by atoms with Crippen molar-refractivity contribution in [1.29, 1.82) is 0 Å². The van der Waals surface area contributed by atoms with Crippen molar-refractivity contribution in [3.05, 3.63) is 81.2 Å². The number of rotatable bonds is 9. The van der Waals surface area contributed by atoms with Crippen LogP contribution >= 0.6 is 0 Å². The minimum atomic E-state index is -0.721. The Balaban J connectivity index is 1.62. The summed E-state index contributed by atoms with van der Waals surface area (Å²) in [6, 6.07) is 12.1. The fraction of sp³-hybridized carbons (Fsp3) is 0.250. The first-order chi connectivity index (χ1) is 16.7. The molecule has 0 aliphatic carbocycles. The van der Waals surface area contributed by atoms with Crippen LogP contribution in [0.2, 0.25) is 0 Å². The summed E-state index contributed by atoms with van der Waals surface area (Å²) in [6.07, 6.45) is 0.753. The number of aryl methyl sites for hydroxylation is 1. The van der Waals surface area contributed by atoms with Crippen molar-refractivity contribution < 1.29 is 28.8 Å². The molecule has 1 aromatic heterocycles. The molecule has 1 heterocycles. The van der Waals surface area contributed by atoms with Crippen LogP contribution in [0.1, 0.15) is 33.7 Å². The Labute approximate surface area is 200 Å². The molecular weight excluding hydrogens is 456 g/mol. The molecule has 0 bridgehead atoms. The average molecular weight is 480 g/mol. The number of esters is 2. The van der Waals surface area contributed by atoms with E-state index in [2.05, 4.69) is 10.4 Å². The summed E-state index contributed by atoms with van der Waals surface area (Å²) < 4.78 is 11.4. The van der Waals surface area contributed by atoms with Crippen LogP contribution < -0.4 is 5.32 Å². The lowest BCUT2D eigenvalue weighted by atomic mass is 10.1. The van der Waals surface area contributed by atoms with Gasteiger partial charge < -0.3 is 14.8 Å². The number of carbonyl (C=O) groups excluding carboxylic acids is 3. The number of benzene rings is 2. The first-order valence-corrected chi connectivity index (χ1v) is 10.6. The van der Waals surface area contributed by atoms with Gasteiger partial charge in [-0.15, -0.1) is 0 Å². The third kappa shape index (κ3) is 6.08. The zero-order valence-electron chi connectivity index (χ0n) is 19.4. The highest BCUT2D eigenvalue weighted by Crippen LogP contribution is 2.23. The molecule has 11 heteroatoms. The number of nitrogens with one attached hydrogen (secondary N) is 1. The minimum Gasteiger partial charge on any atom is -0.469 e. The third-order valence-electron chi connectivity index (χ3n) is 5.30. The van der Waals surface area contributed by atoms with E-state index in [1.807, 2.05) is 13.8 Å². The average Bonchev–Trinajstić information content (AvgIpc) is 3.14. The molecular formula is C24H24N4O7. The Hall–Kier alpha value is -4.54. The summed E-state index contributed by atoms with van der Waals surface area (Å²) in [6.45, 7) is 3.15. The van der Waals surface area contributed by atoms with Crippen molar-refractivity contribution in [2.75, 3.05) is 19.0 Å². The van der Waals surface area contributed by atoms with Gasteiger partial charge in [0.25, 0.3) is 11.6 Å². The van der Waals surface area contributed by atoms with Gasteiger partial charge in [0.1, 0.15) is 5.69 Å². The van der Waals surface area contributed by atoms with Crippen LogP contribution in [0.25, 0.3) is 5.69 Å². The van der Waals surface area contributed by atoms with Crippen LogP contribution in [0.3, 0.4) is 0 Å². The van der Waals surface area contributed by atoms with Crippen molar-refractivity contribution in [2.24, 2.45) is 0 Å². The largest absolute Gasteiger partial charge is 0.469 e. The standard InChI is InChI=1S/C24H24N4O7/c1-15-19(12-13-23(30)34-3)16(2)27(26-15)18-10-8-17(9-11-18)24(31)35-14-22(29)25-20-6-4-5-7-21(20)28(32)33/h4-11H,12-14H2,1-3H3,(H,25,29). The van der Waals surface area contributed by atoms with E-state index in [1.165, 1.54) is 25.3 Å². The number of carbonyl (C=O) groups is 3. The minimum absolute atomic E-state index is 0.0127. The maximum absolute atomic E-state index is 12.4. The maximum Gasteiger partial charge on any atom is 0.338 e. The first-order valence-electron chi connectivity index (χ1n) is 10.6. The van der Waals surface area contributed by atoms with Crippen molar-refractivity contribution in [2.45, 2.75) is 26.7 Å². The van der Waals surface area contributed by atoms with Gasteiger partial charge in [-0.25, -0.2) is 9.48 Å². The van der Waals surface area contributed by atoms with E-state index < -0.39 is 23.4 Å². The number of para-hydroxylation sites is 2. The number of hydrogen-bond donors (Lipinski definition) is 1. The maximum atomic E-state index is 12.4. The lowest BCUT2D eigenvalue weighted by Gasteiger charge is -2.08. The number of methoxy groups -OCH3 is 1. The van der Waals surface area contributed by atoms with E-state index in [0.29, 0.717) is 12.1 Å². The molecule has 0 unspecified atom stereocenters. The van der Waals surface area contributed by atoms with Crippen LogP contribution in [-0.4, -0.2) is 46.3 Å². The molecule has 0 saturated heterocycles. The Kier molecular flexibility index (Phi) is 7.92. The topological polar surface area (TPSA) is 143 Å². The quantitative estimate of drug-likeness (QED) is 0.279. The third-order valence-corrected chi connectivity index (χ3v) is 5.30. The highest BCUT2D eigenvalue weighted by molar-refractivity contribution is 5.96. The molecule has 3 aromatic rings. The van der Waals surface area contributed by atoms with Crippen LogP contribution in [-0.2, 0) is 25.5 Å². The van der Waals surface area contributed by atoms with Gasteiger partial charge in [0, 0.05) is 18.2 Å². The normalized spacial score (nSPS) is 10.5. The van der Waals surface area contributed by atoms with Crippen molar-refractivity contribution in [1.82, 2.24) is 9.78 Å². The summed E-state index contributed by atoms with van der Waals surface area (Å²) in [7, 11) is 1.35. The number of anilines is 1. The summed E-state index contributed by atoms with van der Waals surface area (Å²) in [5.74, 6) is -1.72. The van der Waals surface area contributed by atoms with E-state index in [4.69, 9.17) is 9.47 Å². The predicted molar refractivity (Wildman–Crippen MR) is 125 cm³/mol. The van der Waals surface area contributed by atoms with Crippen LogP contribution in [0.15, 0.2) is 48.5 Å². The molecule has 35 heavy (non-hydrogen) atoms. The first kappa shape index (κ1) is 25.1. The molecule has 0 aliphatic heterocycles. The highest BCUT2D eigenvalue weighted by atomic mass is 16.6. The molecule has 1 amide bonds.